The number of hydrogen-bond acceptors (Lipinski definition) is 35. The van der Waals surface area contributed by atoms with Crippen LogP contribution in [0.3, 0.4) is 0 Å². The molecule has 8 aromatic carbocycles. The number of ether oxygens (including phenoxy) is 10. The van der Waals surface area contributed by atoms with E-state index in [4.69, 9.17) is 37.9 Å². The van der Waals surface area contributed by atoms with Gasteiger partial charge in [0.25, 0.3) is 0 Å². The fraction of sp³-hybridized carbons (Fsp3) is 0.310. The van der Waals surface area contributed by atoms with Crippen LogP contribution in [0.15, 0.2) is 133 Å². The van der Waals surface area contributed by atoms with Crippen LogP contribution < -0.4 is 23.7 Å². The van der Waals surface area contributed by atoms with Gasteiger partial charge in [0.2, 0.25) is 0 Å². The Morgan fingerprint density at radius 2 is 0.657 bits per heavy atom. The molecule has 5 fully saturated rings. The van der Waals surface area contributed by atoms with Crippen molar-refractivity contribution in [2.24, 2.45) is 34.5 Å². The Kier molecular flexibility index (Phi) is 49.1. The average molecular weight is 3770 g/mol. The molecule has 8 aromatic rings. The van der Waals surface area contributed by atoms with Crippen LogP contribution in [0.25, 0.3) is 10.8 Å². The van der Waals surface area contributed by atoms with Crippen LogP contribution in [0.2, 0.25) is 0 Å². The first kappa shape index (κ1) is 127. The number of esters is 10. The number of carbonyl (C=O) groups is 10. The van der Waals surface area contributed by atoms with E-state index in [0.29, 0.717) is 99.8 Å². The highest BCUT2D eigenvalue weighted by Crippen LogP contribution is 2.66. The maximum atomic E-state index is 13.5. The van der Waals surface area contributed by atoms with E-state index < -0.39 is 188 Å². The molecule has 0 amide bonds. The van der Waals surface area contributed by atoms with E-state index in [1.54, 1.807) is 36.4 Å². The fourth-order valence-corrected chi connectivity index (χ4v) is 34.9. The van der Waals surface area contributed by atoms with Crippen LogP contribution in [0.1, 0.15) is 106 Å². The topological polar surface area (TPSA) is 549 Å². The quantitative estimate of drug-likeness (QED) is 0.00767. The van der Waals surface area contributed by atoms with Gasteiger partial charge in [0.1, 0.15) is 19.8 Å². The summed E-state index contributed by atoms with van der Waals surface area (Å²) in [6.45, 7) is -5.46. The van der Waals surface area contributed by atoms with Gasteiger partial charge in [-0.05, 0) is 492 Å². The molecule has 5 aliphatic carbocycles. The van der Waals surface area contributed by atoms with Gasteiger partial charge in [-0.3, -0.25) is 19.2 Å². The van der Waals surface area contributed by atoms with Gasteiger partial charge >= 0.3 is 70.2 Å². The lowest BCUT2D eigenvalue weighted by Gasteiger charge is -2.59. The van der Waals surface area contributed by atoms with Crippen molar-refractivity contribution in [3.63, 3.8) is 0 Å². The summed E-state index contributed by atoms with van der Waals surface area (Å²) in [5, 5.41) is -9.08. The third-order valence-electron chi connectivity index (χ3n) is 20.4. The Bertz CT molecular complexity index is 6800. The molecule has 4 atom stereocenters. The Hall–Kier alpha value is -1.32. The average Bonchev–Trinajstić information content (AvgIpc) is 0.707. The van der Waals surface area contributed by atoms with Crippen LogP contribution in [0.4, 0.5) is 17.6 Å². The van der Waals surface area contributed by atoms with Crippen LogP contribution in [0.5, 0.6) is 28.7 Å². The van der Waals surface area contributed by atoms with Crippen LogP contribution >= 0.6 is 339 Å². The Balaban J connectivity index is 0.000000219. The third-order valence-corrected chi connectivity index (χ3v) is 35.2. The van der Waals surface area contributed by atoms with Gasteiger partial charge in [-0.2, -0.15) is 17.6 Å². The maximum absolute atomic E-state index is 13.5. The number of fused-ring (bicyclic) bond motifs is 1. The lowest BCUT2D eigenvalue weighted by Crippen LogP contribution is -2.58. The van der Waals surface area contributed by atoms with Crippen LogP contribution in [-0.4, -0.2) is 185 Å². The molecule has 143 heavy (non-hydrogen) atoms. The molecule has 0 N–H and O–H groups in total. The van der Waals surface area contributed by atoms with E-state index in [1.807, 2.05) is 184 Å². The van der Waals surface area contributed by atoms with E-state index in [-0.39, 0.29) is 51.2 Å². The molecule has 5 aliphatic rings. The third kappa shape index (κ3) is 38.0. The molecule has 0 spiro atoms. The largest absolute Gasteiger partial charge is 0.748 e. The molecule has 5 saturated carbocycles. The summed E-state index contributed by atoms with van der Waals surface area (Å²) in [4.78, 5) is 125. The predicted molar refractivity (Wildman–Crippen MR) is 621 cm³/mol. The number of carbonyl (C=O) groups excluding carboxylic acids is 10. The van der Waals surface area contributed by atoms with Gasteiger partial charge < -0.3 is 70.1 Å². The summed E-state index contributed by atoms with van der Waals surface area (Å²) in [6.07, 6.45) is 7.62. The Morgan fingerprint density at radius 1 is 0.350 bits per heavy atom. The summed E-state index contributed by atoms with van der Waals surface area (Å²) < 4.78 is 274. The molecule has 59 heteroatoms. The van der Waals surface area contributed by atoms with Gasteiger partial charge in [-0.15, -0.1) is 0 Å². The van der Waals surface area contributed by atoms with Crippen molar-refractivity contribution in [1.29, 1.82) is 0 Å². The molecule has 0 heterocycles. The van der Waals surface area contributed by atoms with Crippen molar-refractivity contribution < 1.29 is 178 Å². The zero-order valence-electron chi connectivity index (χ0n) is 71.3. The standard InChI is InChI=1S/C20H11F2I3O7S.C20H21I3O7S.C16H17I3O7S.C16H11I3O7S.C12H7F2I3O7S/c21-20(22,33(28,29)30)9-31-18(26)12-5-1-3-10-4-2-6-13(16(10)12)19(27)32-17-14(24)7-11(23)8-15(17)25;21-13-4-14(22)16(15(23)5-13)30-18(25)20-8-11-3-12(9-20)7-19(6-11,10-20)17(24)29-1-2-31(26,27)28;2*17-9-7-12(18)14(13(19)8-9)26-16(21)11-4-2-1-3-10(11)15(20)25-5-6-27(22,23)24;13-12(14,25(20,21)22)5-23-9(18)1-2-10(19)24-11-7(16)3-6(15)4-8(11)17/h1-8H,9H2,(H,28,29,30);4-5,11-12H,1-3,6-10H2,(H,26,27,28);7-8,10-11H,1-6H2,(H,22,23,24);1-4,7-8H,5-6H2,(H,22,23,24);1-4H,5H2,(H,20,21,22)/p-5/b;;;;2-1-. The molecular weight excluding hydrogens is 3710 g/mol. The first-order chi connectivity index (χ1) is 66.2. The normalized spacial score (nSPS) is 17.6. The monoisotopic (exact) mass is 3770 g/mol. The van der Waals surface area contributed by atoms with Gasteiger partial charge in [-0.25, -0.2) is 70.9 Å². The zero-order chi connectivity index (χ0) is 107. The summed E-state index contributed by atoms with van der Waals surface area (Å²) >= 11 is 31.3. The lowest BCUT2D eigenvalue weighted by molar-refractivity contribution is -0.189. The molecule has 13 rings (SSSR count). The second-order valence-corrected chi connectivity index (χ2v) is 56.1. The summed E-state index contributed by atoms with van der Waals surface area (Å²) in [6, 6.07) is 33.1. The van der Waals surface area contributed by atoms with Crippen molar-refractivity contribution in [2.75, 3.05) is 50.3 Å². The van der Waals surface area contributed by atoms with Crippen LogP contribution in [0, 0.1) is 88.1 Å². The van der Waals surface area contributed by atoms with E-state index in [0.717, 1.165) is 58.5 Å². The van der Waals surface area contributed by atoms with Gasteiger partial charge in [0, 0.05) is 35.4 Å². The molecule has 0 radical (unpaired) electrons. The molecule has 0 aliphatic heterocycles. The fourth-order valence-electron chi connectivity index (χ4n) is 14.7. The lowest BCUT2D eigenvalue weighted by atomic mass is 9.44. The first-order valence-electron chi connectivity index (χ1n) is 39.7. The highest BCUT2D eigenvalue weighted by atomic mass is 127. The minimum Gasteiger partial charge on any atom is -0.748 e. The smallest absolute Gasteiger partial charge is 0.367 e. The van der Waals surface area contributed by atoms with Crippen molar-refractivity contribution in [3.05, 3.63) is 209 Å². The van der Waals surface area contributed by atoms with Crippen molar-refractivity contribution in [2.45, 2.75) is 74.7 Å². The predicted octanol–water partition coefficient (Wildman–Crippen LogP) is 18.6. The molecule has 4 bridgehead atoms. The van der Waals surface area contributed by atoms with Crippen LogP contribution in [-0.2, 0) is 103 Å². The number of alkyl halides is 4. The molecule has 4 unspecified atom stereocenters. The molecule has 0 aromatic heterocycles. The zero-order valence-corrected chi connectivity index (χ0v) is 108. The highest BCUT2D eigenvalue weighted by molar-refractivity contribution is 14.1. The maximum Gasteiger partial charge on any atom is 0.367 e. The number of halogens is 19. The van der Waals surface area contributed by atoms with E-state index >= 15 is 0 Å². The number of benzene rings is 8. The summed E-state index contributed by atoms with van der Waals surface area (Å²) in [7, 11) is -25.4. The SMILES string of the molecule is O=C(/C=C\C(=O)Oc1c(I)cc(I)cc1I)OCC(F)(F)S(=O)(=O)[O-].O=C(OCC(F)(F)S(=O)(=O)[O-])c1cccc2cccc(C(=O)Oc3c(I)cc(I)cc3I)c12.O=C(OCCS(=O)(=O)[O-])C12CC3CC(C1)CC(C(=O)Oc1c(I)cc(I)cc1I)(C3)C2.O=C(OCCS(=O)(=O)[O-])C1CCCCC1C(=O)Oc1c(I)cc(I)cc1I.O=C(OCCS(=O)(=O)[O-])c1ccccc1C(=O)Oc1c(I)cc(I)cc1I. The molecule has 0 saturated heterocycles. The second-order valence-electron chi connectivity index (χ2n) is 30.7. The minimum atomic E-state index is -6.03. The highest BCUT2D eigenvalue weighted by Gasteiger charge is 2.65. The minimum absolute atomic E-state index is 0.0300. The van der Waals surface area contributed by atoms with Crippen molar-refractivity contribution in [3.8, 4) is 28.7 Å². The summed E-state index contributed by atoms with van der Waals surface area (Å²) in [5.74, 6) is -9.41. The van der Waals surface area contributed by atoms with Gasteiger partial charge in [0.15, 0.2) is 62.2 Å². The molecular formula is C84H62F4I15O35S5-5. The summed E-state index contributed by atoms with van der Waals surface area (Å²) in [5.41, 5.74) is -1.95. The molecule has 35 nitrogen and oxygen atoms in total. The Morgan fingerprint density at radius 3 is 1.05 bits per heavy atom. The molecule has 776 valence electrons. The van der Waals surface area contributed by atoms with E-state index in [1.165, 1.54) is 36.4 Å². The number of rotatable bonds is 30. The Labute approximate surface area is 1020 Å². The van der Waals surface area contributed by atoms with E-state index in [9.17, 15) is 130 Å². The second kappa shape index (κ2) is 55.4. The first-order valence-corrected chi connectivity index (χ1v) is 63.4. The van der Waals surface area contributed by atoms with E-state index in [2.05, 4.69) is 213 Å². The van der Waals surface area contributed by atoms with Gasteiger partial charge in [0.05, 0.1) is 128 Å². The van der Waals surface area contributed by atoms with Crippen molar-refractivity contribution >= 4 is 460 Å². The van der Waals surface area contributed by atoms with Crippen molar-refractivity contribution in [1.82, 2.24) is 0 Å². The number of hydrogen-bond donors (Lipinski definition) is 0. The van der Waals surface area contributed by atoms with Gasteiger partial charge in [-0.1, -0.05) is 49.2 Å².